The van der Waals surface area contributed by atoms with Gasteiger partial charge >= 0.3 is 12.1 Å². The van der Waals surface area contributed by atoms with Crippen molar-refractivity contribution in [3.8, 4) is 5.69 Å². The van der Waals surface area contributed by atoms with Gasteiger partial charge in [0.25, 0.3) is 5.91 Å². The first-order chi connectivity index (χ1) is 19.8. The molecule has 1 unspecified atom stereocenters. The van der Waals surface area contributed by atoms with Crippen molar-refractivity contribution in [1.29, 1.82) is 0 Å². The van der Waals surface area contributed by atoms with E-state index in [1.807, 2.05) is 0 Å². The molecule has 1 atom stereocenters. The zero-order chi connectivity index (χ0) is 31.9. The van der Waals surface area contributed by atoms with Crippen molar-refractivity contribution in [3.63, 3.8) is 0 Å². The predicted molar refractivity (Wildman–Crippen MR) is 134 cm³/mol. The second-order valence-electron chi connectivity index (χ2n) is 11.9. The van der Waals surface area contributed by atoms with E-state index in [2.05, 4.69) is 4.98 Å². The van der Waals surface area contributed by atoms with Crippen molar-refractivity contribution in [2.45, 2.75) is 38.9 Å². The van der Waals surface area contributed by atoms with Crippen LogP contribution >= 0.6 is 0 Å². The molecule has 4 heterocycles. The smallest absolute Gasteiger partial charge is 0.380 e. The number of fused-ring (bicyclic) bond motifs is 1. The summed E-state index contributed by atoms with van der Waals surface area (Å²) < 4.78 is 133. The quantitative estimate of drug-likeness (QED) is 0.400. The number of pyridine rings is 2. The van der Waals surface area contributed by atoms with Crippen LogP contribution in [0.25, 0.3) is 16.7 Å². The van der Waals surface area contributed by atoms with E-state index in [0.29, 0.717) is 43.1 Å². The van der Waals surface area contributed by atoms with Gasteiger partial charge in [0, 0.05) is 31.4 Å². The van der Waals surface area contributed by atoms with Crippen molar-refractivity contribution >= 4 is 22.8 Å². The average Bonchev–Trinajstić information content (AvgIpc) is 2.80. The number of hydrogen-bond acceptors (Lipinski definition) is 5. The molecule has 2 aliphatic heterocycles. The highest BCUT2D eigenvalue weighted by molar-refractivity contribution is 5.97. The van der Waals surface area contributed by atoms with Crippen LogP contribution < -0.4 is 15.6 Å². The highest BCUT2D eigenvalue weighted by Crippen LogP contribution is 2.44. The molecule has 1 aromatic carbocycles. The van der Waals surface area contributed by atoms with Crippen molar-refractivity contribution in [3.05, 3.63) is 63.5 Å². The monoisotopic (exact) mass is 622 g/mol. The van der Waals surface area contributed by atoms with Crippen LogP contribution in [0.1, 0.15) is 31.1 Å². The topological polar surface area (TPSA) is 76.5 Å². The standard InChI is InChI=1S/C27H23F9N4O3/c1-24(2,3)23(26(32,33)27(34,35)36)38-22(42)14-7-40(18-15(29)4-12(28)5-16(18)30)20-13(19(14)41)6-17(31)21(37-20)39-8-25(9-39)10-43-11-25/h4-7,23H,8-11H2,1-3H3,(H,38,42). The Labute approximate surface area is 237 Å². The molecule has 2 aromatic heterocycles. The molecule has 1 amide bonds. The molecule has 1 spiro atoms. The van der Waals surface area contributed by atoms with Crippen molar-refractivity contribution in [2.75, 3.05) is 31.2 Å². The van der Waals surface area contributed by atoms with E-state index in [9.17, 15) is 44.7 Å². The Hall–Kier alpha value is -3.82. The number of amides is 1. The van der Waals surface area contributed by atoms with E-state index >= 15 is 4.39 Å². The minimum Gasteiger partial charge on any atom is -0.380 e. The summed E-state index contributed by atoms with van der Waals surface area (Å²) >= 11 is 0. The molecule has 16 heteroatoms. The Morgan fingerprint density at radius 3 is 2.05 bits per heavy atom. The highest BCUT2D eigenvalue weighted by Gasteiger charge is 2.65. The number of alkyl halides is 5. The molecule has 1 N–H and O–H groups in total. The van der Waals surface area contributed by atoms with Crippen LogP contribution in [0.2, 0.25) is 0 Å². The highest BCUT2D eigenvalue weighted by atomic mass is 19.4. The molecule has 5 rings (SSSR count). The van der Waals surface area contributed by atoms with Crippen molar-refractivity contribution < 1.29 is 49.0 Å². The molecule has 2 aliphatic rings. The van der Waals surface area contributed by atoms with Gasteiger partial charge in [-0.15, -0.1) is 0 Å². The first kappa shape index (κ1) is 30.6. The minimum atomic E-state index is -6.10. The summed E-state index contributed by atoms with van der Waals surface area (Å²) in [5.74, 6) is -13.1. The number of hydrogen-bond donors (Lipinski definition) is 1. The van der Waals surface area contributed by atoms with Gasteiger partial charge < -0.3 is 15.0 Å². The SMILES string of the molecule is CC(C)(C)C(NC(=O)c1cn(-c2c(F)cc(F)cc2F)c2nc(N3CC4(COC4)C3)c(F)cc2c1=O)C(F)(F)C(F)(F)F. The van der Waals surface area contributed by atoms with Gasteiger partial charge in [-0.1, -0.05) is 20.8 Å². The maximum atomic E-state index is 15.3. The zero-order valence-corrected chi connectivity index (χ0v) is 22.7. The van der Waals surface area contributed by atoms with Gasteiger partial charge in [-0.25, -0.2) is 22.5 Å². The summed E-state index contributed by atoms with van der Waals surface area (Å²) in [5, 5.41) is 0.768. The number of nitrogens with one attached hydrogen (secondary N) is 1. The summed E-state index contributed by atoms with van der Waals surface area (Å²) in [7, 11) is 0. The lowest BCUT2D eigenvalue weighted by atomic mass is 9.78. The van der Waals surface area contributed by atoms with E-state index in [4.69, 9.17) is 4.74 Å². The predicted octanol–water partition coefficient (Wildman–Crippen LogP) is 5.12. The molecular weight excluding hydrogens is 599 g/mol. The third-order valence-electron chi connectivity index (χ3n) is 7.43. The second kappa shape index (κ2) is 9.86. The maximum Gasteiger partial charge on any atom is 0.455 e. The molecular formula is C27H23F9N4O3. The largest absolute Gasteiger partial charge is 0.455 e. The number of ether oxygens (including phenoxy) is 1. The van der Waals surface area contributed by atoms with Crippen LogP contribution in [0.4, 0.5) is 45.3 Å². The summed E-state index contributed by atoms with van der Waals surface area (Å²) in [6, 6.07) is -1.77. The molecule has 0 aliphatic carbocycles. The Bertz CT molecular complexity index is 1660. The minimum absolute atomic E-state index is 0.234. The van der Waals surface area contributed by atoms with Crippen LogP contribution in [0.5, 0.6) is 0 Å². The Balaban J connectivity index is 1.69. The van der Waals surface area contributed by atoms with E-state index in [1.54, 1.807) is 0 Å². The van der Waals surface area contributed by atoms with Crippen LogP contribution in [0, 0.1) is 34.1 Å². The van der Waals surface area contributed by atoms with Crippen molar-refractivity contribution in [1.82, 2.24) is 14.9 Å². The number of benzene rings is 1. The average molecular weight is 622 g/mol. The number of nitrogens with zero attached hydrogens (tertiary/aromatic N) is 3. The fourth-order valence-electron chi connectivity index (χ4n) is 5.24. The van der Waals surface area contributed by atoms with Crippen LogP contribution in [0.15, 0.2) is 29.2 Å². The van der Waals surface area contributed by atoms with Gasteiger partial charge in [0.05, 0.1) is 24.0 Å². The summed E-state index contributed by atoms with van der Waals surface area (Å²) in [6.07, 6.45) is -5.64. The number of halogens is 9. The lowest BCUT2D eigenvalue weighted by Gasteiger charge is -2.55. The molecule has 0 saturated carbocycles. The number of aromatic nitrogens is 2. The van der Waals surface area contributed by atoms with E-state index in [0.717, 1.165) is 20.8 Å². The van der Waals surface area contributed by atoms with Crippen molar-refractivity contribution in [2.24, 2.45) is 10.8 Å². The number of anilines is 1. The first-order valence-electron chi connectivity index (χ1n) is 12.7. The molecule has 0 bridgehead atoms. The third kappa shape index (κ3) is 5.08. The van der Waals surface area contributed by atoms with Crippen LogP contribution in [-0.4, -0.2) is 59.9 Å². The van der Waals surface area contributed by atoms with E-state index < -0.39 is 80.4 Å². The van der Waals surface area contributed by atoms with Gasteiger partial charge in [0.2, 0.25) is 5.43 Å². The molecule has 2 fully saturated rings. The van der Waals surface area contributed by atoms with Crippen LogP contribution in [0.3, 0.4) is 0 Å². The second-order valence-corrected chi connectivity index (χ2v) is 11.9. The van der Waals surface area contributed by atoms with E-state index in [1.165, 1.54) is 10.2 Å². The molecule has 2 saturated heterocycles. The van der Waals surface area contributed by atoms with E-state index in [-0.39, 0.29) is 23.4 Å². The molecule has 0 radical (unpaired) electrons. The lowest BCUT2D eigenvalue weighted by molar-refractivity contribution is -0.300. The molecule has 3 aromatic rings. The van der Waals surface area contributed by atoms with Gasteiger partial charge in [-0.05, 0) is 11.5 Å². The Kier molecular flexibility index (Phi) is 7.02. The fourth-order valence-corrected chi connectivity index (χ4v) is 5.24. The van der Waals surface area contributed by atoms with Crippen LogP contribution in [-0.2, 0) is 4.74 Å². The van der Waals surface area contributed by atoms with Gasteiger partial charge in [-0.3, -0.25) is 14.2 Å². The summed E-state index contributed by atoms with van der Waals surface area (Å²) in [5.41, 5.74) is -6.37. The molecule has 43 heavy (non-hydrogen) atoms. The Morgan fingerprint density at radius 2 is 1.56 bits per heavy atom. The molecule has 232 valence electrons. The van der Waals surface area contributed by atoms with Gasteiger partial charge in [0.1, 0.15) is 23.1 Å². The first-order valence-corrected chi connectivity index (χ1v) is 12.7. The number of carbonyl (C=O) groups is 1. The number of carbonyl (C=O) groups excluding carboxylic acids is 1. The number of rotatable bonds is 5. The normalized spacial score (nSPS) is 17.5. The van der Waals surface area contributed by atoms with Gasteiger partial charge in [-0.2, -0.15) is 22.0 Å². The third-order valence-corrected chi connectivity index (χ3v) is 7.43. The maximum absolute atomic E-state index is 15.3. The summed E-state index contributed by atoms with van der Waals surface area (Å²) in [6.45, 7) is 4.37. The Morgan fingerprint density at radius 1 is 0.977 bits per heavy atom. The summed E-state index contributed by atoms with van der Waals surface area (Å²) in [4.78, 5) is 32.1. The zero-order valence-electron chi connectivity index (χ0n) is 22.7. The lowest BCUT2D eigenvalue weighted by Crippen LogP contribution is -2.66. The molecule has 7 nitrogen and oxygen atoms in total. The van der Waals surface area contributed by atoms with Gasteiger partial charge in [0.15, 0.2) is 28.9 Å². The fraction of sp³-hybridized carbons (Fsp3) is 0.444.